The lowest BCUT2D eigenvalue weighted by molar-refractivity contribution is 0.371. The summed E-state index contributed by atoms with van der Waals surface area (Å²) in [4.78, 5) is 23.1. The maximum Gasteiger partial charge on any atom is 0.442 e. The molecule has 0 saturated heterocycles. The van der Waals surface area contributed by atoms with Crippen molar-refractivity contribution in [3.05, 3.63) is 69.2 Å². The van der Waals surface area contributed by atoms with Crippen LogP contribution in [0.3, 0.4) is 0 Å². The summed E-state index contributed by atoms with van der Waals surface area (Å²) in [6.07, 6.45) is 0.929. The van der Waals surface area contributed by atoms with Gasteiger partial charge < -0.3 is 9.52 Å². The summed E-state index contributed by atoms with van der Waals surface area (Å²) < 4.78 is 11.0. The predicted octanol–water partition coefficient (Wildman–Crippen LogP) is 1.21. The number of aromatic nitrogens is 2. The molecule has 0 spiro atoms. The van der Waals surface area contributed by atoms with Crippen LogP contribution in [0.5, 0.6) is 5.75 Å². The fourth-order valence-corrected chi connectivity index (χ4v) is 1.89. The molecule has 0 aliphatic carbocycles. The highest BCUT2D eigenvalue weighted by atomic mass is 16.5. The molecule has 3 rings (SSSR count). The van der Waals surface area contributed by atoms with E-state index in [1.807, 2.05) is 6.07 Å². The van der Waals surface area contributed by atoms with Gasteiger partial charge in [-0.15, -0.1) is 0 Å². The first-order valence-corrected chi connectivity index (χ1v) is 6.08. The van der Waals surface area contributed by atoms with Crippen LogP contribution in [0.15, 0.2) is 61.2 Å². The first-order valence-electron chi connectivity index (χ1n) is 6.08. The second kappa shape index (κ2) is 5.12. The summed E-state index contributed by atoms with van der Waals surface area (Å²) in [7, 11) is 0. The number of aromatic hydroxyl groups is 1. The van der Waals surface area contributed by atoms with Crippen LogP contribution in [0.4, 0.5) is 0 Å². The molecule has 0 unspecified atom stereocenters. The zero-order valence-electron chi connectivity index (χ0n) is 10.7. The predicted molar refractivity (Wildman–Crippen MR) is 71.9 cm³/mol. The second-order valence-electron chi connectivity index (χ2n) is 4.32. The van der Waals surface area contributed by atoms with Crippen molar-refractivity contribution in [3.8, 4) is 17.1 Å². The molecule has 2 aromatic heterocycles. The highest BCUT2D eigenvalue weighted by Gasteiger charge is 2.14. The van der Waals surface area contributed by atoms with Crippen molar-refractivity contribution in [3.63, 3.8) is 0 Å². The number of hydrogen-bond acceptors (Lipinski definition) is 6. The van der Waals surface area contributed by atoms with Crippen molar-refractivity contribution in [2.24, 2.45) is 0 Å². The molecule has 0 amide bonds. The first kappa shape index (κ1) is 12.9. The van der Waals surface area contributed by atoms with E-state index < -0.39 is 16.9 Å². The zero-order valence-corrected chi connectivity index (χ0v) is 10.7. The Labute approximate surface area is 117 Å². The number of rotatable bonds is 3. The average Bonchev–Trinajstić information content (AvgIpc) is 2.85. The molecule has 0 atom stereocenters. The van der Waals surface area contributed by atoms with Crippen molar-refractivity contribution in [1.82, 2.24) is 9.72 Å². The summed E-state index contributed by atoms with van der Waals surface area (Å²) in [5, 5.41) is 12.9. The van der Waals surface area contributed by atoms with Gasteiger partial charge in [0.05, 0.1) is 6.54 Å². The minimum Gasteiger partial charge on any atom is -0.502 e. The van der Waals surface area contributed by atoms with Crippen molar-refractivity contribution in [2.75, 3.05) is 0 Å². The lowest BCUT2D eigenvalue weighted by atomic mass is 10.2. The van der Waals surface area contributed by atoms with E-state index >= 15 is 0 Å². The van der Waals surface area contributed by atoms with Gasteiger partial charge in [0, 0.05) is 11.6 Å². The molecule has 1 aromatic carbocycles. The lowest BCUT2D eigenvalue weighted by Gasteiger charge is -2.03. The van der Waals surface area contributed by atoms with E-state index in [2.05, 4.69) is 9.68 Å². The molecule has 0 aliphatic heterocycles. The fraction of sp³-hybridized carbons (Fsp3) is 0.0714. The van der Waals surface area contributed by atoms with Gasteiger partial charge in [-0.25, -0.2) is 9.36 Å². The van der Waals surface area contributed by atoms with E-state index in [9.17, 15) is 9.59 Å². The van der Waals surface area contributed by atoms with Gasteiger partial charge in [0.1, 0.15) is 12.0 Å². The van der Waals surface area contributed by atoms with Crippen LogP contribution in [0.1, 0.15) is 5.76 Å². The lowest BCUT2D eigenvalue weighted by Crippen LogP contribution is -2.17. The molecule has 0 fully saturated rings. The molecule has 1 N–H and O–H groups in total. The van der Waals surface area contributed by atoms with Crippen LogP contribution in [0.25, 0.3) is 11.4 Å². The van der Waals surface area contributed by atoms with E-state index in [0.717, 1.165) is 12.3 Å². The second-order valence-corrected chi connectivity index (χ2v) is 4.32. The van der Waals surface area contributed by atoms with E-state index in [4.69, 9.17) is 9.52 Å². The van der Waals surface area contributed by atoms with Gasteiger partial charge >= 0.3 is 5.76 Å². The third kappa shape index (κ3) is 2.48. The molecule has 0 radical (unpaired) electrons. The van der Waals surface area contributed by atoms with Gasteiger partial charge in [0.2, 0.25) is 5.43 Å². The Kier molecular flexibility index (Phi) is 3.15. The normalized spacial score (nSPS) is 10.7. The minimum atomic E-state index is -0.662. The molecular formula is C14H10N2O5. The molecule has 7 nitrogen and oxygen atoms in total. The highest BCUT2D eigenvalue weighted by Crippen LogP contribution is 2.16. The Bertz CT molecular complexity index is 876. The molecule has 0 saturated carbocycles. The Morgan fingerprint density at radius 3 is 2.67 bits per heavy atom. The summed E-state index contributed by atoms with van der Waals surface area (Å²) in [5.74, 6) is -0.610. The van der Waals surface area contributed by atoms with E-state index in [1.54, 1.807) is 24.3 Å². The molecule has 2 heterocycles. The van der Waals surface area contributed by atoms with Gasteiger partial charge in [0.25, 0.3) is 0 Å². The minimum absolute atomic E-state index is 0.0257. The smallest absolute Gasteiger partial charge is 0.442 e. The standard InChI is InChI=1S/C14H10N2O5/c17-11-6-10(20-8-12(11)18)7-16-13(15-21-14(16)19)9-4-2-1-3-5-9/h1-6,8,18H,7H2. The molecule has 0 aliphatic rings. The van der Waals surface area contributed by atoms with Crippen LogP contribution in [0.2, 0.25) is 0 Å². The topological polar surface area (TPSA) is 98.5 Å². The number of nitrogens with zero attached hydrogens (tertiary/aromatic N) is 2. The summed E-state index contributed by atoms with van der Waals surface area (Å²) in [5.41, 5.74) is 0.117. The number of benzene rings is 1. The Hall–Kier alpha value is -3.09. The van der Waals surface area contributed by atoms with Crippen LogP contribution in [0, 0.1) is 0 Å². The van der Waals surface area contributed by atoms with E-state index in [1.165, 1.54) is 4.57 Å². The van der Waals surface area contributed by atoms with Crippen molar-refractivity contribution < 1.29 is 14.0 Å². The zero-order chi connectivity index (χ0) is 14.8. The van der Waals surface area contributed by atoms with Crippen LogP contribution in [-0.2, 0) is 6.54 Å². The third-order valence-corrected chi connectivity index (χ3v) is 2.90. The average molecular weight is 286 g/mol. The Morgan fingerprint density at radius 1 is 1.19 bits per heavy atom. The van der Waals surface area contributed by atoms with Crippen LogP contribution in [-0.4, -0.2) is 14.8 Å². The van der Waals surface area contributed by atoms with Crippen molar-refractivity contribution in [2.45, 2.75) is 6.54 Å². The molecule has 106 valence electrons. The van der Waals surface area contributed by atoms with Gasteiger partial charge in [-0.05, 0) is 0 Å². The van der Waals surface area contributed by atoms with Crippen LogP contribution >= 0.6 is 0 Å². The molecule has 7 heteroatoms. The molecular weight excluding hydrogens is 276 g/mol. The first-order chi connectivity index (χ1) is 10.1. The molecule has 0 bridgehead atoms. The van der Waals surface area contributed by atoms with Crippen molar-refractivity contribution >= 4 is 0 Å². The Morgan fingerprint density at radius 2 is 1.95 bits per heavy atom. The summed E-state index contributed by atoms with van der Waals surface area (Å²) in [6.45, 7) is -0.0257. The SMILES string of the molecule is O=c1cc(Cn2c(-c3ccccc3)noc2=O)occ1O. The maximum atomic E-state index is 11.7. The van der Waals surface area contributed by atoms with Gasteiger partial charge in [-0.1, -0.05) is 35.5 Å². The largest absolute Gasteiger partial charge is 0.502 e. The fourth-order valence-electron chi connectivity index (χ4n) is 1.89. The summed E-state index contributed by atoms with van der Waals surface area (Å²) >= 11 is 0. The van der Waals surface area contributed by atoms with Gasteiger partial charge in [-0.3, -0.25) is 9.32 Å². The maximum absolute atomic E-state index is 11.7. The van der Waals surface area contributed by atoms with E-state index in [-0.39, 0.29) is 12.3 Å². The van der Waals surface area contributed by atoms with Crippen LogP contribution < -0.4 is 11.2 Å². The quantitative estimate of drug-likeness (QED) is 0.777. The van der Waals surface area contributed by atoms with Gasteiger partial charge in [0.15, 0.2) is 11.6 Å². The summed E-state index contributed by atoms with van der Waals surface area (Å²) in [6, 6.07) is 10.1. The van der Waals surface area contributed by atoms with E-state index in [0.29, 0.717) is 11.4 Å². The van der Waals surface area contributed by atoms with Crippen molar-refractivity contribution in [1.29, 1.82) is 0 Å². The molecule has 3 aromatic rings. The monoisotopic (exact) mass is 286 g/mol. The molecule has 21 heavy (non-hydrogen) atoms. The number of hydrogen-bond donors (Lipinski definition) is 1. The van der Waals surface area contributed by atoms with Gasteiger partial charge in [-0.2, -0.15) is 0 Å². The highest BCUT2D eigenvalue weighted by molar-refractivity contribution is 5.54. The Balaban J connectivity index is 2.03. The third-order valence-electron chi connectivity index (χ3n) is 2.90.